The SMILES string of the molecule is CCNCc1cc2c(cc1OCc1nnn(C)n1)OCO2. The van der Waals surface area contributed by atoms with Crippen molar-refractivity contribution in [2.24, 2.45) is 7.05 Å². The highest BCUT2D eigenvalue weighted by Crippen LogP contribution is 2.38. The van der Waals surface area contributed by atoms with Crippen LogP contribution in [0.15, 0.2) is 12.1 Å². The lowest BCUT2D eigenvalue weighted by Crippen LogP contribution is -2.13. The third kappa shape index (κ3) is 3.05. The largest absolute Gasteiger partial charge is 0.485 e. The number of ether oxygens (including phenoxy) is 3. The highest BCUT2D eigenvalue weighted by molar-refractivity contribution is 5.51. The van der Waals surface area contributed by atoms with E-state index in [1.807, 2.05) is 12.1 Å². The van der Waals surface area contributed by atoms with Crippen LogP contribution in [0.4, 0.5) is 0 Å². The van der Waals surface area contributed by atoms with Crippen LogP contribution in [-0.2, 0) is 20.2 Å². The van der Waals surface area contributed by atoms with E-state index in [4.69, 9.17) is 14.2 Å². The Labute approximate surface area is 122 Å². The van der Waals surface area contributed by atoms with Crippen molar-refractivity contribution in [1.82, 2.24) is 25.5 Å². The summed E-state index contributed by atoms with van der Waals surface area (Å²) in [5.41, 5.74) is 1.00. The summed E-state index contributed by atoms with van der Waals surface area (Å²) in [5, 5.41) is 15.0. The maximum absolute atomic E-state index is 5.80. The molecular formula is C13H17N5O3. The first-order chi connectivity index (χ1) is 10.3. The maximum Gasteiger partial charge on any atom is 0.231 e. The molecule has 8 nitrogen and oxygen atoms in total. The van der Waals surface area contributed by atoms with Crippen molar-refractivity contribution in [2.75, 3.05) is 13.3 Å². The summed E-state index contributed by atoms with van der Waals surface area (Å²) in [4.78, 5) is 1.40. The number of aryl methyl sites for hydroxylation is 1. The molecule has 1 N–H and O–H groups in total. The molecule has 1 aromatic heterocycles. The molecule has 0 spiro atoms. The number of tetrazole rings is 1. The number of nitrogens with one attached hydrogen (secondary N) is 1. The van der Waals surface area contributed by atoms with Gasteiger partial charge in [0.25, 0.3) is 0 Å². The standard InChI is InChI=1S/C13H17N5O3/c1-3-14-6-9-4-11-12(21-8-20-11)5-10(9)19-7-13-15-17-18(2)16-13/h4-5,14H,3,6-8H2,1-2H3. The fraction of sp³-hybridized carbons (Fsp3) is 0.462. The Balaban J connectivity index is 1.78. The number of fused-ring (bicyclic) bond motifs is 1. The van der Waals surface area contributed by atoms with E-state index in [0.717, 1.165) is 23.6 Å². The molecule has 21 heavy (non-hydrogen) atoms. The number of hydrogen-bond donors (Lipinski definition) is 1. The number of benzene rings is 1. The molecule has 2 heterocycles. The van der Waals surface area contributed by atoms with Crippen LogP contribution in [-0.4, -0.2) is 33.5 Å². The van der Waals surface area contributed by atoms with E-state index in [1.165, 1.54) is 4.80 Å². The van der Waals surface area contributed by atoms with Gasteiger partial charge in [-0.3, -0.25) is 0 Å². The molecule has 1 aliphatic heterocycles. The summed E-state index contributed by atoms with van der Waals surface area (Å²) in [5.74, 6) is 2.70. The number of aromatic nitrogens is 4. The van der Waals surface area contributed by atoms with Crippen LogP contribution in [0.1, 0.15) is 18.3 Å². The number of hydrogen-bond acceptors (Lipinski definition) is 7. The van der Waals surface area contributed by atoms with Gasteiger partial charge in [-0.2, -0.15) is 4.80 Å². The Morgan fingerprint density at radius 2 is 2.14 bits per heavy atom. The zero-order valence-corrected chi connectivity index (χ0v) is 12.0. The molecule has 0 saturated carbocycles. The van der Waals surface area contributed by atoms with Crippen LogP contribution < -0.4 is 19.5 Å². The lowest BCUT2D eigenvalue weighted by atomic mass is 10.1. The van der Waals surface area contributed by atoms with Crippen LogP contribution in [0, 0.1) is 0 Å². The first-order valence-corrected chi connectivity index (χ1v) is 6.75. The predicted octanol–water partition coefficient (Wildman–Crippen LogP) is 0.627. The topological polar surface area (TPSA) is 83.3 Å². The minimum absolute atomic E-state index is 0.241. The van der Waals surface area contributed by atoms with Gasteiger partial charge in [-0.1, -0.05) is 6.92 Å². The Hall–Kier alpha value is -2.35. The Kier molecular flexibility index (Phi) is 3.87. The van der Waals surface area contributed by atoms with Crippen molar-refractivity contribution >= 4 is 0 Å². The minimum Gasteiger partial charge on any atom is -0.485 e. The van der Waals surface area contributed by atoms with Gasteiger partial charge in [-0.15, -0.1) is 10.2 Å². The first kappa shape index (κ1) is 13.6. The van der Waals surface area contributed by atoms with E-state index in [0.29, 0.717) is 18.1 Å². The van der Waals surface area contributed by atoms with E-state index in [-0.39, 0.29) is 13.4 Å². The second-order valence-corrected chi connectivity index (χ2v) is 4.58. The van der Waals surface area contributed by atoms with Crippen molar-refractivity contribution in [3.63, 3.8) is 0 Å². The smallest absolute Gasteiger partial charge is 0.231 e. The fourth-order valence-electron chi connectivity index (χ4n) is 2.02. The molecule has 1 aliphatic rings. The highest BCUT2D eigenvalue weighted by Gasteiger charge is 2.18. The van der Waals surface area contributed by atoms with Gasteiger partial charge in [-0.05, 0) is 17.8 Å². The summed E-state index contributed by atoms with van der Waals surface area (Å²) in [6, 6.07) is 3.77. The number of rotatable bonds is 6. The summed E-state index contributed by atoms with van der Waals surface area (Å²) in [6.45, 7) is 4.12. The zero-order chi connectivity index (χ0) is 14.7. The van der Waals surface area contributed by atoms with Crippen LogP contribution in [0.2, 0.25) is 0 Å². The van der Waals surface area contributed by atoms with Gasteiger partial charge in [0.15, 0.2) is 18.1 Å². The molecule has 0 radical (unpaired) electrons. The highest BCUT2D eigenvalue weighted by atomic mass is 16.7. The lowest BCUT2D eigenvalue weighted by Gasteiger charge is -2.12. The molecule has 2 aromatic rings. The van der Waals surface area contributed by atoms with Crippen molar-refractivity contribution < 1.29 is 14.2 Å². The van der Waals surface area contributed by atoms with E-state index < -0.39 is 0 Å². The monoisotopic (exact) mass is 291 g/mol. The normalized spacial score (nSPS) is 12.7. The molecule has 0 atom stereocenters. The number of nitrogens with zero attached hydrogens (tertiary/aromatic N) is 4. The molecule has 0 bridgehead atoms. The summed E-state index contributed by atoms with van der Waals surface area (Å²) in [6.07, 6.45) is 0. The van der Waals surface area contributed by atoms with Crippen molar-refractivity contribution in [3.8, 4) is 17.2 Å². The minimum atomic E-state index is 0.241. The molecule has 112 valence electrons. The van der Waals surface area contributed by atoms with Crippen molar-refractivity contribution in [1.29, 1.82) is 0 Å². The van der Waals surface area contributed by atoms with Crippen LogP contribution in [0.5, 0.6) is 17.2 Å². The molecule has 0 fully saturated rings. The van der Waals surface area contributed by atoms with E-state index in [2.05, 4.69) is 27.7 Å². The van der Waals surface area contributed by atoms with Gasteiger partial charge in [-0.25, -0.2) is 0 Å². The van der Waals surface area contributed by atoms with Gasteiger partial charge in [0.05, 0.1) is 7.05 Å². The Morgan fingerprint density at radius 3 is 2.86 bits per heavy atom. The Morgan fingerprint density at radius 1 is 1.33 bits per heavy atom. The third-order valence-corrected chi connectivity index (χ3v) is 3.03. The van der Waals surface area contributed by atoms with Gasteiger partial charge in [0.2, 0.25) is 12.6 Å². The molecule has 0 aliphatic carbocycles. The molecule has 3 rings (SSSR count). The summed E-state index contributed by atoms with van der Waals surface area (Å²) in [7, 11) is 1.72. The van der Waals surface area contributed by atoms with Crippen LogP contribution in [0.25, 0.3) is 0 Å². The third-order valence-electron chi connectivity index (χ3n) is 3.03. The summed E-state index contributed by atoms with van der Waals surface area (Å²) >= 11 is 0. The maximum atomic E-state index is 5.80. The second-order valence-electron chi connectivity index (χ2n) is 4.58. The van der Waals surface area contributed by atoms with Crippen LogP contribution >= 0.6 is 0 Å². The molecule has 0 saturated heterocycles. The first-order valence-electron chi connectivity index (χ1n) is 6.75. The molecule has 1 aromatic carbocycles. The van der Waals surface area contributed by atoms with Gasteiger partial charge < -0.3 is 19.5 Å². The molecule has 8 heteroatoms. The lowest BCUT2D eigenvalue weighted by molar-refractivity contribution is 0.173. The fourth-order valence-corrected chi connectivity index (χ4v) is 2.02. The molecular weight excluding hydrogens is 274 g/mol. The van der Waals surface area contributed by atoms with E-state index in [1.54, 1.807) is 7.05 Å². The molecule has 0 unspecified atom stereocenters. The van der Waals surface area contributed by atoms with Crippen LogP contribution in [0.3, 0.4) is 0 Å². The molecule has 0 amide bonds. The summed E-state index contributed by atoms with van der Waals surface area (Å²) < 4.78 is 16.6. The van der Waals surface area contributed by atoms with Crippen molar-refractivity contribution in [3.05, 3.63) is 23.5 Å². The van der Waals surface area contributed by atoms with E-state index >= 15 is 0 Å². The average Bonchev–Trinajstić information content (AvgIpc) is 3.10. The van der Waals surface area contributed by atoms with Gasteiger partial charge in [0.1, 0.15) is 5.75 Å². The van der Waals surface area contributed by atoms with E-state index in [9.17, 15) is 0 Å². The van der Waals surface area contributed by atoms with Gasteiger partial charge >= 0.3 is 0 Å². The predicted molar refractivity (Wildman–Crippen MR) is 73.1 cm³/mol. The zero-order valence-electron chi connectivity index (χ0n) is 12.0. The Bertz CT molecular complexity index is 628. The quantitative estimate of drug-likeness (QED) is 0.835. The van der Waals surface area contributed by atoms with Crippen molar-refractivity contribution in [2.45, 2.75) is 20.1 Å². The van der Waals surface area contributed by atoms with Gasteiger partial charge in [0, 0.05) is 18.2 Å². The average molecular weight is 291 g/mol. The second kappa shape index (κ2) is 5.96.